The molecule has 0 spiro atoms. The Morgan fingerprint density at radius 3 is 1.18 bits per heavy atom. The largest absolute Gasteiger partial charge is 0.457 e. The van der Waals surface area contributed by atoms with Crippen molar-refractivity contribution in [1.82, 2.24) is 0 Å². The molecule has 13 heteroatoms. The van der Waals surface area contributed by atoms with E-state index < -0.39 is 53.8 Å². The summed E-state index contributed by atoms with van der Waals surface area (Å²) in [6.07, 6.45) is 44.3. The first kappa shape index (κ1) is 65.1. The SMILES string of the molecule is CCCCCCCCCCCCCCCCCCCCCCCCCCC(=O)OC(COCCCCCCCCCCCCCCCCCCC)COC1OC(CO)C(O)C(OS(=O)(=O)O)C1O. The van der Waals surface area contributed by atoms with Gasteiger partial charge in [-0.1, -0.05) is 264 Å². The summed E-state index contributed by atoms with van der Waals surface area (Å²) in [5, 5.41) is 30.8. The lowest BCUT2D eigenvalue weighted by Crippen LogP contribution is -2.60. The number of aliphatic hydroxyl groups is 3. The third-order valence-corrected chi connectivity index (χ3v) is 14.2. The molecule has 1 aliphatic rings. The van der Waals surface area contributed by atoms with Crippen molar-refractivity contribution in [1.29, 1.82) is 0 Å². The minimum absolute atomic E-state index is 0.0455. The molecule has 406 valence electrons. The van der Waals surface area contributed by atoms with Gasteiger partial charge >= 0.3 is 16.4 Å². The van der Waals surface area contributed by atoms with Crippen LogP contribution in [0, 0.1) is 0 Å². The van der Waals surface area contributed by atoms with Gasteiger partial charge in [0.05, 0.1) is 19.8 Å². The van der Waals surface area contributed by atoms with Crippen molar-refractivity contribution >= 4 is 16.4 Å². The van der Waals surface area contributed by atoms with Crippen LogP contribution in [0.15, 0.2) is 0 Å². The molecule has 6 atom stereocenters. The van der Waals surface area contributed by atoms with E-state index in [0.29, 0.717) is 13.0 Å². The second-order valence-electron chi connectivity index (χ2n) is 20.3. The maximum atomic E-state index is 12.9. The van der Waals surface area contributed by atoms with Crippen LogP contribution in [0.1, 0.15) is 284 Å². The zero-order valence-corrected chi connectivity index (χ0v) is 44.8. The van der Waals surface area contributed by atoms with Gasteiger partial charge in [-0.2, -0.15) is 8.42 Å². The minimum Gasteiger partial charge on any atom is -0.457 e. The molecule has 0 aliphatic carbocycles. The summed E-state index contributed by atoms with van der Waals surface area (Å²) < 4.78 is 59.4. The van der Waals surface area contributed by atoms with E-state index in [1.165, 1.54) is 218 Å². The molecule has 0 aromatic rings. The topological polar surface area (TPSA) is 178 Å². The molecule has 0 radical (unpaired) electrons. The van der Waals surface area contributed by atoms with Crippen LogP contribution < -0.4 is 0 Å². The van der Waals surface area contributed by atoms with E-state index in [1.54, 1.807) is 0 Å². The van der Waals surface area contributed by atoms with Crippen LogP contribution >= 0.6 is 0 Å². The Labute approximate surface area is 417 Å². The Hall–Kier alpha value is -0.900. The van der Waals surface area contributed by atoms with Gasteiger partial charge in [-0.3, -0.25) is 9.35 Å². The predicted molar refractivity (Wildman–Crippen MR) is 276 cm³/mol. The first-order valence-electron chi connectivity index (χ1n) is 28.8. The fraction of sp³-hybridized carbons (Fsp3) is 0.982. The van der Waals surface area contributed by atoms with Gasteiger partial charge in [-0.05, 0) is 12.8 Å². The molecule has 0 aromatic carbocycles. The summed E-state index contributed by atoms with van der Waals surface area (Å²) in [5.41, 5.74) is 0. The molecule has 6 unspecified atom stereocenters. The predicted octanol–water partition coefficient (Wildman–Crippen LogP) is 14.0. The summed E-state index contributed by atoms with van der Waals surface area (Å²) in [6, 6.07) is 0. The van der Waals surface area contributed by atoms with E-state index in [1.807, 2.05) is 0 Å². The highest BCUT2D eigenvalue weighted by atomic mass is 32.3. The highest BCUT2D eigenvalue weighted by Gasteiger charge is 2.48. The van der Waals surface area contributed by atoms with Gasteiger partial charge in [0.15, 0.2) is 6.29 Å². The van der Waals surface area contributed by atoms with Gasteiger partial charge in [-0.15, -0.1) is 0 Å². The van der Waals surface area contributed by atoms with Gasteiger partial charge in [-0.25, -0.2) is 4.18 Å². The molecule has 12 nitrogen and oxygen atoms in total. The summed E-state index contributed by atoms with van der Waals surface area (Å²) in [6.45, 7) is 4.08. The minimum atomic E-state index is -5.06. The summed E-state index contributed by atoms with van der Waals surface area (Å²) in [5.74, 6) is -0.389. The lowest BCUT2D eigenvalue weighted by molar-refractivity contribution is -0.301. The van der Waals surface area contributed by atoms with E-state index >= 15 is 0 Å². The Balaban J connectivity index is 2.27. The molecule has 0 amide bonds. The molecule has 0 bridgehead atoms. The molecular formula is C55H108O12S. The molecule has 1 aliphatic heterocycles. The van der Waals surface area contributed by atoms with Gasteiger partial charge in [0.1, 0.15) is 30.5 Å². The third kappa shape index (κ3) is 39.7. The smallest absolute Gasteiger partial charge is 0.397 e. The van der Waals surface area contributed by atoms with E-state index in [9.17, 15) is 33.1 Å². The highest BCUT2D eigenvalue weighted by Crippen LogP contribution is 2.26. The number of hydrogen-bond acceptors (Lipinski definition) is 11. The number of aliphatic hydroxyl groups excluding tert-OH is 3. The first-order valence-corrected chi connectivity index (χ1v) is 30.2. The van der Waals surface area contributed by atoms with Crippen LogP contribution in [0.2, 0.25) is 0 Å². The van der Waals surface area contributed by atoms with Crippen molar-refractivity contribution in [3.63, 3.8) is 0 Å². The van der Waals surface area contributed by atoms with Crippen molar-refractivity contribution in [3.05, 3.63) is 0 Å². The Bertz CT molecular complexity index is 1190. The summed E-state index contributed by atoms with van der Waals surface area (Å²) in [4.78, 5) is 12.9. The second-order valence-corrected chi connectivity index (χ2v) is 21.3. The van der Waals surface area contributed by atoms with Crippen molar-refractivity contribution in [3.8, 4) is 0 Å². The second kappa shape index (κ2) is 47.1. The summed E-state index contributed by atoms with van der Waals surface area (Å²) in [7, 11) is -5.06. The van der Waals surface area contributed by atoms with Crippen LogP contribution in [0.5, 0.6) is 0 Å². The number of hydrogen-bond donors (Lipinski definition) is 4. The monoisotopic (exact) mass is 993 g/mol. The van der Waals surface area contributed by atoms with E-state index in [2.05, 4.69) is 18.0 Å². The van der Waals surface area contributed by atoms with Crippen molar-refractivity contribution < 1.29 is 56.2 Å². The Kier molecular flexibility index (Phi) is 45.1. The van der Waals surface area contributed by atoms with Gasteiger partial charge in [0.2, 0.25) is 0 Å². The average molecular weight is 994 g/mol. The lowest BCUT2D eigenvalue weighted by atomic mass is 9.99. The van der Waals surface area contributed by atoms with Crippen molar-refractivity contribution in [2.75, 3.05) is 26.4 Å². The van der Waals surface area contributed by atoms with Crippen molar-refractivity contribution in [2.24, 2.45) is 0 Å². The average Bonchev–Trinajstić information content (AvgIpc) is 3.31. The lowest BCUT2D eigenvalue weighted by Gasteiger charge is -2.41. The van der Waals surface area contributed by atoms with E-state index in [4.69, 9.17) is 18.9 Å². The van der Waals surface area contributed by atoms with E-state index in [-0.39, 0.29) is 25.6 Å². The standard InChI is InChI=1S/C55H108O12S/c1-3-5-7-9-11-13-15-17-19-21-22-23-24-25-26-27-28-30-32-34-36-38-40-42-44-51(57)65-49(48-64-55-53(59)54(67-68(60,61)62)52(58)50(46-56)66-55)47-63-45-43-41-39-37-35-33-31-29-20-18-16-14-12-10-8-6-4-2/h49-50,52-56,58-59H,3-48H2,1-2H3,(H,60,61,62). The number of unbranched alkanes of at least 4 members (excludes halogenated alkanes) is 39. The Morgan fingerprint density at radius 1 is 0.500 bits per heavy atom. The zero-order valence-electron chi connectivity index (χ0n) is 44.0. The fourth-order valence-corrected chi connectivity index (χ4v) is 9.89. The molecule has 0 aromatic heterocycles. The zero-order chi connectivity index (χ0) is 49.6. The maximum Gasteiger partial charge on any atom is 0.397 e. The number of carbonyl (C=O) groups is 1. The van der Waals surface area contributed by atoms with Gasteiger partial charge < -0.3 is 34.3 Å². The fourth-order valence-electron chi connectivity index (χ4n) is 9.38. The molecule has 1 fully saturated rings. The molecule has 1 rings (SSSR count). The first-order chi connectivity index (χ1) is 33.1. The van der Waals surface area contributed by atoms with Crippen molar-refractivity contribution in [2.45, 2.75) is 320 Å². The molecule has 1 saturated heterocycles. The van der Waals surface area contributed by atoms with E-state index in [0.717, 1.165) is 38.5 Å². The molecule has 68 heavy (non-hydrogen) atoms. The molecular weight excluding hydrogens is 885 g/mol. The van der Waals surface area contributed by atoms with Crippen LogP contribution in [0.4, 0.5) is 0 Å². The number of ether oxygens (including phenoxy) is 4. The van der Waals surface area contributed by atoms with Crippen LogP contribution in [-0.2, 0) is 38.3 Å². The third-order valence-electron chi connectivity index (χ3n) is 13.7. The highest BCUT2D eigenvalue weighted by molar-refractivity contribution is 7.80. The maximum absolute atomic E-state index is 12.9. The van der Waals surface area contributed by atoms with Crippen LogP contribution in [0.3, 0.4) is 0 Å². The molecule has 0 saturated carbocycles. The van der Waals surface area contributed by atoms with Gasteiger partial charge in [0.25, 0.3) is 0 Å². The number of rotatable bonds is 52. The van der Waals surface area contributed by atoms with Crippen LogP contribution in [0.25, 0.3) is 0 Å². The number of carbonyl (C=O) groups excluding carboxylic acids is 1. The molecule has 4 N–H and O–H groups in total. The van der Waals surface area contributed by atoms with Crippen LogP contribution in [-0.4, -0.2) is 97.5 Å². The number of esters is 1. The normalized spacial score (nSPS) is 19.2. The quantitative estimate of drug-likeness (QED) is 0.0258. The summed E-state index contributed by atoms with van der Waals surface area (Å²) >= 11 is 0. The molecule has 1 heterocycles. The van der Waals surface area contributed by atoms with Gasteiger partial charge in [0, 0.05) is 13.0 Å². The Morgan fingerprint density at radius 2 is 0.838 bits per heavy atom.